The molecule has 0 bridgehead atoms. The van der Waals surface area contributed by atoms with Gasteiger partial charge in [-0.25, -0.2) is 0 Å². The summed E-state index contributed by atoms with van der Waals surface area (Å²) in [5.74, 6) is 1.06. The van der Waals surface area contributed by atoms with Crippen LogP contribution in [0, 0.1) is 0 Å². The summed E-state index contributed by atoms with van der Waals surface area (Å²) in [6, 6.07) is 15.0. The molecule has 0 saturated carbocycles. The van der Waals surface area contributed by atoms with E-state index >= 15 is 0 Å². The molecule has 0 spiro atoms. The molecule has 236 valence electrons. The Morgan fingerprint density at radius 1 is 0.837 bits per heavy atom. The summed E-state index contributed by atoms with van der Waals surface area (Å²) < 4.78 is 8.58. The number of nitrogens with zero attached hydrogens (tertiary/aromatic N) is 2. The molecule has 1 amide bonds. The van der Waals surface area contributed by atoms with Gasteiger partial charge in [-0.15, -0.1) is 0 Å². The monoisotopic (exact) mass is 605 g/mol. The Hall–Kier alpha value is -2.66. The van der Waals surface area contributed by atoms with E-state index in [0.29, 0.717) is 6.54 Å². The maximum Gasteiger partial charge on any atom is 0.224 e. The van der Waals surface area contributed by atoms with Crippen LogP contribution in [0.3, 0.4) is 0 Å². The number of aromatic nitrogens is 1. The summed E-state index contributed by atoms with van der Waals surface area (Å²) in [6.07, 6.45) is 19.0. The highest BCUT2D eigenvalue weighted by Gasteiger charge is 2.20. The predicted molar refractivity (Wildman–Crippen MR) is 184 cm³/mol. The van der Waals surface area contributed by atoms with Gasteiger partial charge >= 0.3 is 0 Å². The molecule has 2 aromatic carbocycles. The molecule has 43 heavy (non-hydrogen) atoms. The van der Waals surface area contributed by atoms with Crippen LogP contribution in [-0.4, -0.2) is 19.1 Å². The fourth-order valence-corrected chi connectivity index (χ4v) is 6.24. The zero-order valence-electron chi connectivity index (χ0n) is 27.7. The number of thiazole rings is 1. The molecule has 0 saturated heterocycles. The maximum absolute atomic E-state index is 12.6. The van der Waals surface area contributed by atoms with Crippen LogP contribution < -0.4 is 14.2 Å². The van der Waals surface area contributed by atoms with Gasteiger partial charge in [0.05, 0.1) is 12.0 Å². The second-order valence-electron chi connectivity index (χ2n) is 13.1. The minimum atomic E-state index is 0.0128. The second-order valence-corrected chi connectivity index (χ2v) is 13.9. The Morgan fingerprint density at radius 3 is 2.00 bits per heavy atom. The van der Waals surface area contributed by atoms with Crippen molar-refractivity contribution in [3.63, 3.8) is 0 Å². The van der Waals surface area contributed by atoms with Gasteiger partial charge in [-0.1, -0.05) is 134 Å². The van der Waals surface area contributed by atoms with Crippen LogP contribution in [0.5, 0.6) is 5.75 Å². The number of benzene rings is 2. The third kappa shape index (κ3) is 12.8. The van der Waals surface area contributed by atoms with E-state index in [1.807, 2.05) is 4.90 Å². The van der Waals surface area contributed by atoms with E-state index in [9.17, 15) is 4.79 Å². The van der Waals surface area contributed by atoms with Crippen molar-refractivity contribution < 1.29 is 14.1 Å². The van der Waals surface area contributed by atoms with Crippen molar-refractivity contribution in [2.45, 2.75) is 130 Å². The number of hydrogen-bond acceptors (Lipinski definition) is 3. The predicted octanol–water partition coefficient (Wildman–Crippen LogP) is 10.1. The molecule has 0 radical (unpaired) electrons. The lowest BCUT2D eigenvalue weighted by atomic mass is 9.85. The molecule has 0 unspecified atom stereocenters. The van der Waals surface area contributed by atoms with Crippen molar-refractivity contribution in [2.75, 3.05) is 18.1 Å². The van der Waals surface area contributed by atoms with Gasteiger partial charge in [0.25, 0.3) is 0 Å². The average molecular weight is 606 g/mol. The van der Waals surface area contributed by atoms with E-state index in [2.05, 4.69) is 91.8 Å². The fraction of sp³-hybridized carbons (Fsp3) is 0.579. The number of hydrogen-bond donors (Lipinski definition) is 0. The van der Waals surface area contributed by atoms with Crippen LogP contribution >= 0.6 is 11.3 Å². The number of anilines is 1. The SMILES string of the molecule is CCCCCCCCCCCCCCOc1cc(CCN(C(C)=O)c2ccc(C[n+]3ccsc3)cc2)ccc1C(C)(C)C. The summed E-state index contributed by atoms with van der Waals surface area (Å²) >= 11 is 1.69. The second kappa shape index (κ2) is 18.9. The van der Waals surface area contributed by atoms with E-state index in [-0.39, 0.29) is 11.3 Å². The van der Waals surface area contributed by atoms with E-state index in [1.165, 1.54) is 87.3 Å². The van der Waals surface area contributed by atoms with Gasteiger partial charge in [-0.3, -0.25) is 4.79 Å². The van der Waals surface area contributed by atoms with E-state index in [0.717, 1.165) is 37.4 Å². The lowest BCUT2D eigenvalue weighted by Gasteiger charge is -2.25. The number of carbonyl (C=O) groups excluding carboxylic acids is 1. The van der Waals surface area contributed by atoms with Gasteiger partial charge < -0.3 is 9.64 Å². The first-order valence-electron chi connectivity index (χ1n) is 16.8. The summed E-state index contributed by atoms with van der Waals surface area (Å²) in [4.78, 5) is 14.5. The van der Waals surface area contributed by atoms with Crippen molar-refractivity contribution in [3.05, 3.63) is 76.2 Å². The Morgan fingerprint density at radius 2 is 1.44 bits per heavy atom. The van der Waals surface area contributed by atoms with Crippen molar-refractivity contribution in [2.24, 2.45) is 0 Å². The first-order valence-corrected chi connectivity index (χ1v) is 17.8. The van der Waals surface area contributed by atoms with Crippen LogP contribution in [-0.2, 0) is 23.2 Å². The maximum atomic E-state index is 12.6. The summed E-state index contributed by atoms with van der Waals surface area (Å²) in [5.41, 5.74) is 6.74. The molecule has 1 heterocycles. The highest BCUT2D eigenvalue weighted by molar-refractivity contribution is 7.07. The first kappa shape index (κ1) is 34.8. The third-order valence-electron chi connectivity index (χ3n) is 8.25. The van der Waals surface area contributed by atoms with Crippen molar-refractivity contribution in [1.82, 2.24) is 0 Å². The molecule has 1 aromatic heterocycles. The first-order chi connectivity index (χ1) is 20.8. The molecular formula is C38H57N2O2S+. The van der Waals surface area contributed by atoms with Crippen LogP contribution in [0.25, 0.3) is 0 Å². The van der Waals surface area contributed by atoms with Gasteiger partial charge in [0.2, 0.25) is 11.4 Å². The zero-order chi connectivity index (χ0) is 30.9. The highest BCUT2D eigenvalue weighted by Crippen LogP contribution is 2.33. The molecule has 0 aliphatic carbocycles. The quantitative estimate of drug-likeness (QED) is 0.0948. The highest BCUT2D eigenvalue weighted by atomic mass is 32.1. The van der Waals surface area contributed by atoms with Crippen molar-refractivity contribution in [1.29, 1.82) is 0 Å². The zero-order valence-corrected chi connectivity index (χ0v) is 28.5. The van der Waals surface area contributed by atoms with Crippen LogP contribution in [0.15, 0.2) is 59.6 Å². The van der Waals surface area contributed by atoms with Crippen LogP contribution in [0.4, 0.5) is 5.69 Å². The number of amides is 1. The Bertz CT molecular complexity index is 1180. The number of carbonyl (C=O) groups is 1. The van der Waals surface area contributed by atoms with E-state index < -0.39 is 0 Å². The van der Waals surface area contributed by atoms with Gasteiger partial charge in [-0.05, 0) is 47.6 Å². The molecule has 0 aliphatic heterocycles. The number of unbranched alkanes of at least 4 members (excludes halogenated alkanes) is 11. The molecule has 3 aromatic rings. The van der Waals surface area contributed by atoms with Crippen molar-refractivity contribution in [3.8, 4) is 5.75 Å². The molecule has 3 rings (SSSR count). The number of ether oxygens (including phenoxy) is 1. The molecule has 4 nitrogen and oxygen atoms in total. The molecular weight excluding hydrogens is 548 g/mol. The smallest absolute Gasteiger partial charge is 0.224 e. The molecule has 0 aliphatic rings. The van der Waals surface area contributed by atoms with Gasteiger partial charge in [0.1, 0.15) is 5.75 Å². The summed E-state index contributed by atoms with van der Waals surface area (Å²) in [6.45, 7) is 12.9. The van der Waals surface area contributed by atoms with Crippen LogP contribution in [0.2, 0.25) is 0 Å². The summed E-state index contributed by atoms with van der Waals surface area (Å²) in [7, 11) is 0. The van der Waals surface area contributed by atoms with Gasteiger partial charge in [-0.2, -0.15) is 4.57 Å². The Kier molecular flexibility index (Phi) is 15.3. The Labute approximate surface area is 266 Å². The summed E-state index contributed by atoms with van der Waals surface area (Å²) in [5, 5.41) is 2.08. The minimum Gasteiger partial charge on any atom is -0.493 e. The van der Waals surface area contributed by atoms with Crippen molar-refractivity contribution >= 4 is 22.9 Å². The van der Waals surface area contributed by atoms with E-state index in [4.69, 9.17) is 4.74 Å². The van der Waals surface area contributed by atoms with Gasteiger partial charge in [0.15, 0.2) is 12.7 Å². The standard InChI is InChI=1S/C38H57N2O2S/c1-6-7-8-9-10-11-12-13-14-15-16-17-27-42-37-29-33(20-23-36(37)38(3,4)5)24-25-40(32(2)41)35-21-18-34(19-22-35)30-39-26-28-43-31-39/h18-23,26,28-29,31H,6-17,24-25,27,30H2,1-5H3/q+1. The Balaban J connectivity index is 1.47. The fourth-order valence-electron chi connectivity index (χ4n) is 5.64. The third-order valence-corrected chi connectivity index (χ3v) is 8.93. The normalized spacial score (nSPS) is 11.6. The van der Waals surface area contributed by atoms with Gasteiger partial charge in [0, 0.05) is 24.7 Å². The molecule has 0 N–H and O–H groups in total. The van der Waals surface area contributed by atoms with E-state index in [1.54, 1.807) is 18.3 Å². The lowest BCUT2D eigenvalue weighted by molar-refractivity contribution is -0.683. The average Bonchev–Trinajstić information content (AvgIpc) is 3.49. The molecule has 0 fully saturated rings. The topological polar surface area (TPSA) is 33.4 Å². The minimum absolute atomic E-state index is 0.0128. The van der Waals surface area contributed by atoms with Crippen LogP contribution in [0.1, 0.15) is 128 Å². The number of rotatable bonds is 20. The molecule has 0 atom stereocenters. The largest absolute Gasteiger partial charge is 0.493 e. The lowest BCUT2D eigenvalue weighted by Crippen LogP contribution is -2.31. The molecule has 5 heteroatoms.